The standard InChI is InChI=1S/2FO.4FH.H3N.O.Zr/c2*1-2;;;;;;;/h;;4*1H;1H3;;/q2*-1;;;;;;;+6/p-4. The number of hydrogen-bond donors (Lipinski definition) is 1. The molecule has 0 fully saturated rings. The zero-order valence-electron chi connectivity index (χ0n) is 4.70. The number of hydrogen-bond acceptors (Lipinski definition) is 4. The zero-order valence-corrected chi connectivity index (χ0v) is 7.16. The molecule has 0 atom stereocenters. The Balaban J connectivity index is 0. The summed E-state index contributed by atoms with van der Waals surface area (Å²) in [6.07, 6.45) is 0. The maximum absolute atomic E-state index is 12.6. The Hall–Kier alpha value is 0.143. The van der Waals surface area contributed by atoms with Crippen LogP contribution >= 0.6 is 0 Å². The van der Waals surface area contributed by atoms with Crippen molar-refractivity contribution < 1.29 is 47.5 Å². The fraction of sp³-hybridized carbons (Fsp3) is 0. The van der Waals surface area contributed by atoms with Crippen molar-refractivity contribution in [1.82, 2.24) is 6.15 Å². The Morgan fingerprint density at radius 1 is 0.909 bits per heavy atom. The first-order valence-electron chi connectivity index (χ1n) is 1.68. The van der Waals surface area contributed by atoms with Crippen molar-refractivity contribution in [2.45, 2.75) is 0 Å². The molecule has 0 unspecified atom stereocenters. The first kappa shape index (κ1) is 13.7. The van der Waals surface area contributed by atoms with Gasteiger partial charge in [0.15, 0.2) is 0 Å². The summed E-state index contributed by atoms with van der Waals surface area (Å²) < 4.78 is 74.8. The topological polar surface area (TPSA) is 70.5 Å². The predicted octanol–water partition coefficient (Wildman–Crippen LogP) is 2.43. The van der Waals surface area contributed by atoms with Crippen LogP contribution in [-0.2, 0) is 28.0 Å². The molecular formula is H3F6NO3Zr. The van der Waals surface area contributed by atoms with Gasteiger partial charge in [0.05, 0.1) is 0 Å². The van der Waals surface area contributed by atoms with E-state index in [9.17, 15) is 19.6 Å². The molecule has 0 heterocycles. The molecule has 0 radical (unpaired) electrons. The molecule has 0 saturated carbocycles. The molecule has 0 aromatic rings. The molecule has 0 bridgehead atoms. The summed E-state index contributed by atoms with van der Waals surface area (Å²) in [5.41, 5.74) is 0. The van der Waals surface area contributed by atoms with Gasteiger partial charge in [-0.3, -0.25) is 0 Å². The summed E-state index contributed by atoms with van der Waals surface area (Å²) in [6.45, 7) is 0. The summed E-state index contributed by atoms with van der Waals surface area (Å²) in [4.78, 5) is 0. The van der Waals surface area contributed by atoms with Crippen LogP contribution in [0.1, 0.15) is 0 Å². The van der Waals surface area contributed by atoms with E-state index in [2.05, 4.69) is 0 Å². The normalized spacial score (nSPS) is 21.8. The molecule has 0 amide bonds. The summed E-state index contributed by atoms with van der Waals surface area (Å²) in [7, 11) is 0. The summed E-state index contributed by atoms with van der Waals surface area (Å²) >= 11 is -12.6. The van der Waals surface area contributed by atoms with Crippen molar-refractivity contribution in [3.05, 3.63) is 0 Å². The van der Waals surface area contributed by atoms with Crippen LogP contribution < -0.4 is 6.15 Å². The van der Waals surface area contributed by atoms with Crippen LogP contribution in [0.15, 0.2) is 0 Å². The van der Waals surface area contributed by atoms with Crippen molar-refractivity contribution in [1.29, 1.82) is 0 Å². The zero-order chi connectivity index (χ0) is 8.79. The fourth-order valence-corrected chi connectivity index (χ4v) is 0.0704. The average molecular weight is 270 g/mol. The summed E-state index contributed by atoms with van der Waals surface area (Å²) in [5, 5.41) is 0. The molecule has 0 aromatic carbocycles. The van der Waals surface area contributed by atoms with Crippen LogP contribution in [0, 0.1) is 0 Å². The van der Waals surface area contributed by atoms with Crippen LogP contribution in [-0.4, -0.2) is 0 Å². The van der Waals surface area contributed by atoms with E-state index in [1.54, 1.807) is 0 Å². The van der Waals surface area contributed by atoms with Gasteiger partial charge in [-0.15, -0.1) is 0 Å². The van der Waals surface area contributed by atoms with Gasteiger partial charge in [0.25, 0.3) is 0 Å². The minimum absolute atomic E-state index is 0. The van der Waals surface area contributed by atoms with Crippen molar-refractivity contribution in [3.63, 3.8) is 0 Å². The maximum atomic E-state index is 11.1. The molecule has 0 spiro atoms. The third kappa shape index (κ3) is 4.56. The Morgan fingerprint density at radius 2 is 1.09 bits per heavy atom. The molecule has 0 aromatic heterocycles. The first-order chi connectivity index (χ1) is 3.84. The Labute approximate surface area is 54.3 Å². The molecule has 72 valence electrons. The van der Waals surface area contributed by atoms with E-state index in [4.69, 9.17) is 2.81 Å². The molecule has 3 N–H and O–H groups in total. The molecule has 0 saturated heterocycles. The molecule has 0 aliphatic carbocycles. The van der Waals surface area contributed by atoms with Gasteiger partial charge in [-0.2, -0.15) is 0 Å². The monoisotopic (exact) mass is 269 g/mol. The van der Waals surface area contributed by atoms with Crippen LogP contribution in [0.2, 0.25) is 0 Å². The quantitative estimate of drug-likeness (QED) is 0.782. The van der Waals surface area contributed by atoms with E-state index in [0.717, 1.165) is 0 Å². The predicted molar refractivity (Wildman–Crippen MR) is 14.5 cm³/mol. The van der Waals surface area contributed by atoms with Crippen LogP contribution in [0.3, 0.4) is 0 Å². The Bertz CT molecular complexity index is 239. The van der Waals surface area contributed by atoms with Gasteiger partial charge < -0.3 is 6.15 Å². The van der Waals surface area contributed by atoms with Gasteiger partial charge in [-0.05, 0) is 0 Å². The molecule has 0 rings (SSSR count). The average Bonchev–Trinajstić information content (AvgIpc) is 1.66. The Morgan fingerprint density at radius 3 is 1.09 bits per heavy atom. The van der Waals surface area contributed by atoms with Gasteiger partial charge in [0.2, 0.25) is 0 Å². The van der Waals surface area contributed by atoms with E-state index < -0.39 is 19.1 Å². The summed E-state index contributed by atoms with van der Waals surface area (Å²) in [5.74, 6) is 0. The second-order valence-electron chi connectivity index (χ2n) is 1.76. The van der Waals surface area contributed by atoms with E-state index in [1.165, 1.54) is 0 Å². The van der Waals surface area contributed by atoms with Crippen LogP contribution in [0.5, 0.6) is 0 Å². The van der Waals surface area contributed by atoms with Crippen molar-refractivity contribution in [2.24, 2.45) is 0 Å². The van der Waals surface area contributed by atoms with E-state index in [0.29, 0.717) is 6.04 Å². The van der Waals surface area contributed by atoms with Gasteiger partial charge in [0, 0.05) is 0 Å². The molecule has 4 nitrogen and oxygen atoms in total. The number of rotatable bonds is 2. The SMILES string of the molecule is N.[O]=[Zr]([F])([F])([F])([F])([O]F)[O]F. The van der Waals surface area contributed by atoms with E-state index in [-0.39, 0.29) is 6.15 Å². The third-order valence-corrected chi connectivity index (χ3v) is 2.13. The first-order valence-corrected chi connectivity index (χ1v) is 8.40. The fourth-order valence-electron chi connectivity index (χ4n) is 0.0119. The molecule has 0 aliphatic heterocycles. The van der Waals surface area contributed by atoms with Crippen molar-refractivity contribution in [2.75, 3.05) is 0 Å². The minimum atomic E-state index is -12.6. The van der Waals surface area contributed by atoms with Gasteiger partial charge in [-0.25, -0.2) is 0 Å². The van der Waals surface area contributed by atoms with Gasteiger partial charge in [-0.1, -0.05) is 0 Å². The van der Waals surface area contributed by atoms with Crippen molar-refractivity contribution >= 4 is 0 Å². The van der Waals surface area contributed by atoms with Crippen LogP contribution in [0.4, 0.5) is 19.6 Å². The van der Waals surface area contributed by atoms with Gasteiger partial charge >= 0.3 is 47.5 Å². The van der Waals surface area contributed by atoms with E-state index in [1.807, 2.05) is 0 Å². The summed E-state index contributed by atoms with van der Waals surface area (Å²) in [6, 6.07) is 0. The Kier molecular flexibility index (Phi) is 1.97. The second-order valence-corrected chi connectivity index (χ2v) is 10.4. The third-order valence-electron chi connectivity index (χ3n) is 0.359. The molecule has 11 heteroatoms. The molecule has 11 heavy (non-hydrogen) atoms. The van der Waals surface area contributed by atoms with E-state index >= 15 is 0 Å². The molecule has 0 aliphatic rings. The second kappa shape index (κ2) is 1.58. The number of halogens is 6. The van der Waals surface area contributed by atoms with Gasteiger partial charge in [0.1, 0.15) is 0 Å². The van der Waals surface area contributed by atoms with Crippen molar-refractivity contribution in [3.8, 4) is 0 Å². The molecular weight excluding hydrogens is 267 g/mol. The van der Waals surface area contributed by atoms with Crippen LogP contribution in [0.25, 0.3) is 0 Å².